The van der Waals surface area contributed by atoms with Gasteiger partial charge in [-0.25, -0.2) is 4.79 Å². The van der Waals surface area contributed by atoms with E-state index in [2.05, 4.69) is 16.0 Å². The monoisotopic (exact) mass is 505 g/mol. The molecule has 4 unspecified atom stereocenters. The van der Waals surface area contributed by atoms with Crippen molar-refractivity contribution >= 4 is 47.3 Å². The highest BCUT2D eigenvalue weighted by Gasteiger charge is 2.31. The number of unbranched alkanes of at least 4 members (excludes halogenated alkanes) is 1. The lowest BCUT2D eigenvalue weighted by Crippen LogP contribution is -2.58. The van der Waals surface area contributed by atoms with Crippen LogP contribution in [-0.2, 0) is 28.8 Å². The molecule has 0 heterocycles. The molecule has 0 saturated carbocycles. The van der Waals surface area contributed by atoms with E-state index in [1.807, 2.05) is 0 Å². The minimum absolute atomic E-state index is 0.119. The van der Waals surface area contributed by atoms with Crippen LogP contribution >= 0.6 is 11.8 Å². The summed E-state index contributed by atoms with van der Waals surface area (Å²) < 4.78 is 0. The van der Waals surface area contributed by atoms with Gasteiger partial charge in [0.25, 0.3) is 0 Å². The number of rotatable bonds is 18. The summed E-state index contributed by atoms with van der Waals surface area (Å²) in [6, 6.07) is -5.18. The van der Waals surface area contributed by atoms with Crippen molar-refractivity contribution in [2.45, 2.75) is 62.7 Å². The summed E-state index contributed by atoms with van der Waals surface area (Å²) in [6.07, 6.45) is 1.93. The molecule has 5 amide bonds. The average Bonchev–Trinajstić information content (AvgIpc) is 2.74. The standard InChI is InChI=1S/C19H35N7O7S/c1-34-7-5-12(19(32)33)25-18(31)13(9-15(23)28)26-17(30)11(4-2-3-6-20)24-16(29)10(21)8-14(22)27/h10-13H,2-9,20-21H2,1H3,(H2,22,27)(H2,23,28)(H,24,29)(H,25,31)(H,26,30)(H,32,33). The van der Waals surface area contributed by atoms with Gasteiger partial charge in [0.15, 0.2) is 0 Å². The average molecular weight is 506 g/mol. The molecular weight excluding hydrogens is 470 g/mol. The number of amides is 5. The zero-order chi connectivity index (χ0) is 26.3. The summed E-state index contributed by atoms with van der Waals surface area (Å²) in [7, 11) is 0. The Morgan fingerprint density at radius 3 is 1.82 bits per heavy atom. The largest absolute Gasteiger partial charge is 0.480 e. The fraction of sp³-hybridized carbons (Fsp3) is 0.684. The first kappa shape index (κ1) is 31.1. The molecule has 0 aromatic rings. The molecule has 0 aromatic carbocycles. The summed E-state index contributed by atoms with van der Waals surface area (Å²) in [5.74, 6) is -5.10. The molecule has 0 fully saturated rings. The van der Waals surface area contributed by atoms with E-state index in [0.29, 0.717) is 25.1 Å². The molecule has 0 aliphatic heterocycles. The van der Waals surface area contributed by atoms with Gasteiger partial charge >= 0.3 is 5.97 Å². The van der Waals surface area contributed by atoms with Crippen LogP contribution in [0.1, 0.15) is 38.5 Å². The third kappa shape index (κ3) is 13.0. The Bertz CT molecular complexity index is 738. The molecule has 0 rings (SSSR count). The number of carbonyl (C=O) groups excluding carboxylic acids is 5. The van der Waals surface area contributed by atoms with Gasteiger partial charge in [-0.1, -0.05) is 0 Å². The maximum absolute atomic E-state index is 12.9. The third-order valence-electron chi connectivity index (χ3n) is 4.60. The Labute approximate surface area is 201 Å². The van der Waals surface area contributed by atoms with Crippen LogP contribution in [-0.4, -0.2) is 83.3 Å². The lowest BCUT2D eigenvalue weighted by atomic mass is 10.1. The van der Waals surface area contributed by atoms with Crippen molar-refractivity contribution < 1.29 is 33.9 Å². The van der Waals surface area contributed by atoms with Gasteiger partial charge in [-0.3, -0.25) is 24.0 Å². The summed E-state index contributed by atoms with van der Waals surface area (Å²) in [5, 5.41) is 16.3. The molecule has 0 radical (unpaired) electrons. The van der Waals surface area contributed by atoms with Crippen LogP contribution in [0.15, 0.2) is 0 Å². The van der Waals surface area contributed by atoms with E-state index < -0.39 is 72.5 Å². The molecule has 0 aromatic heterocycles. The van der Waals surface area contributed by atoms with E-state index in [-0.39, 0.29) is 12.8 Å². The van der Waals surface area contributed by atoms with E-state index in [1.165, 1.54) is 11.8 Å². The fourth-order valence-electron chi connectivity index (χ4n) is 2.80. The van der Waals surface area contributed by atoms with Gasteiger partial charge in [0, 0.05) is 0 Å². The van der Waals surface area contributed by atoms with Gasteiger partial charge in [0.1, 0.15) is 18.1 Å². The van der Waals surface area contributed by atoms with Crippen LogP contribution in [0.25, 0.3) is 0 Å². The SMILES string of the molecule is CSCCC(NC(=O)C(CC(N)=O)NC(=O)C(CCCCN)NC(=O)C(N)CC(N)=O)C(=O)O. The van der Waals surface area contributed by atoms with Crippen LogP contribution in [0, 0.1) is 0 Å². The van der Waals surface area contributed by atoms with Crippen LogP contribution in [0.4, 0.5) is 0 Å². The Balaban J connectivity index is 5.50. The normalized spacial score (nSPS) is 14.2. The second-order valence-corrected chi connectivity index (χ2v) is 8.52. The number of aliphatic carboxylic acids is 1. The van der Waals surface area contributed by atoms with Crippen LogP contribution in [0.5, 0.6) is 0 Å². The van der Waals surface area contributed by atoms with E-state index in [0.717, 1.165) is 0 Å². The predicted octanol–water partition coefficient (Wildman–Crippen LogP) is -3.51. The number of nitrogens with two attached hydrogens (primary N) is 4. The number of thioether (sulfide) groups is 1. The van der Waals surface area contributed by atoms with E-state index in [1.54, 1.807) is 6.26 Å². The highest BCUT2D eigenvalue weighted by molar-refractivity contribution is 7.98. The van der Waals surface area contributed by atoms with Crippen molar-refractivity contribution in [3.63, 3.8) is 0 Å². The molecular formula is C19H35N7O7S. The molecule has 15 heteroatoms. The summed E-state index contributed by atoms with van der Waals surface area (Å²) >= 11 is 1.38. The highest BCUT2D eigenvalue weighted by atomic mass is 32.2. The smallest absolute Gasteiger partial charge is 0.326 e. The molecule has 4 atom stereocenters. The number of hydrogen-bond donors (Lipinski definition) is 8. The maximum Gasteiger partial charge on any atom is 0.326 e. The van der Waals surface area contributed by atoms with E-state index in [9.17, 15) is 33.9 Å². The Kier molecular flexibility index (Phi) is 15.2. The number of carboxylic acids is 1. The lowest BCUT2D eigenvalue weighted by Gasteiger charge is -2.24. The Hall–Kier alpha value is -2.91. The molecule has 0 saturated heterocycles. The number of nitrogens with one attached hydrogen (secondary N) is 3. The second-order valence-electron chi connectivity index (χ2n) is 7.54. The third-order valence-corrected chi connectivity index (χ3v) is 5.25. The van der Waals surface area contributed by atoms with Crippen molar-refractivity contribution in [3.8, 4) is 0 Å². The second kappa shape index (κ2) is 16.7. The Morgan fingerprint density at radius 1 is 0.794 bits per heavy atom. The Morgan fingerprint density at radius 2 is 1.32 bits per heavy atom. The first-order valence-electron chi connectivity index (χ1n) is 10.6. The number of carbonyl (C=O) groups is 6. The summed E-state index contributed by atoms with van der Waals surface area (Å²) in [4.78, 5) is 71.7. The first-order chi connectivity index (χ1) is 15.9. The van der Waals surface area contributed by atoms with Gasteiger partial charge in [-0.2, -0.15) is 11.8 Å². The predicted molar refractivity (Wildman–Crippen MR) is 125 cm³/mol. The molecule has 34 heavy (non-hydrogen) atoms. The minimum Gasteiger partial charge on any atom is -0.480 e. The zero-order valence-corrected chi connectivity index (χ0v) is 19.9. The van der Waals surface area contributed by atoms with E-state index >= 15 is 0 Å². The topological polar surface area (TPSA) is 263 Å². The van der Waals surface area contributed by atoms with Crippen molar-refractivity contribution in [1.82, 2.24) is 16.0 Å². The van der Waals surface area contributed by atoms with Gasteiger partial charge in [-0.15, -0.1) is 0 Å². The van der Waals surface area contributed by atoms with Crippen molar-refractivity contribution in [3.05, 3.63) is 0 Å². The minimum atomic E-state index is -1.48. The van der Waals surface area contributed by atoms with Gasteiger partial charge < -0.3 is 44.0 Å². The number of primary amides is 2. The lowest BCUT2D eigenvalue weighted by molar-refractivity contribution is -0.142. The van der Waals surface area contributed by atoms with Crippen molar-refractivity contribution in [2.75, 3.05) is 18.6 Å². The molecule has 14 nitrogen and oxygen atoms in total. The summed E-state index contributed by atoms with van der Waals surface area (Å²) in [6.45, 7) is 0.336. The van der Waals surface area contributed by atoms with E-state index in [4.69, 9.17) is 22.9 Å². The van der Waals surface area contributed by atoms with Crippen LogP contribution in [0.2, 0.25) is 0 Å². The number of hydrogen-bond acceptors (Lipinski definition) is 9. The van der Waals surface area contributed by atoms with Gasteiger partial charge in [0.05, 0.1) is 18.9 Å². The molecule has 0 aliphatic carbocycles. The molecule has 194 valence electrons. The van der Waals surface area contributed by atoms with Gasteiger partial charge in [0.2, 0.25) is 29.5 Å². The van der Waals surface area contributed by atoms with Crippen molar-refractivity contribution in [2.24, 2.45) is 22.9 Å². The number of carboxylic acid groups (broad SMARTS) is 1. The molecule has 0 aliphatic rings. The fourth-order valence-corrected chi connectivity index (χ4v) is 3.27. The maximum atomic E-state index is 12.9. The molecule has 0 spiro atoms. The van der Waals surface area contributed by atoms with Crippen LogP contribution < -0.4 is 38.9 Å². The summed E-state index contributed by atoms with van der Waals surface area (Å²) in [5.41, 5.74) is 21.3. The van der Waals surface area contributed by atoms with Gasteiger partial charge in [-0.05, 0) is 44.2 Å². The molecule has 12 N–H and O–H groups in total. The highest BCUT2D eigenvalue weighted by Crippen LogP contribution is 2.06. The first-order valence-corrected chi connectivity index (χ1v) is 12.0. The van der Waals surface area contributed by atoms with Crippen LogP contribution in [0.3, 0.4) is 0 Å². The molecule has 0 bridgehead atoms. The zero-order valence-electron chi connectivity index (χ0n) is 19.1. The quantitative estimate of drug-likeness (QED) is 0.0851. The van der Waals surface area contributed by atoms with Crippen molar-refractivity contribution in [1.29, 1.82) is 0 Å².